The molecule has 3 N–H and O–H groups in total. The lowest BCUT2D eigenvalue weighted by Gasteiger charge is -2.14. The van der Waals surface area contributed by atoms with E-state index in [0.717, 1.165) is 0 Å². The average molecular weight is 296 g/mol. The summed E-state index contributed by atoms with van der Waals surface area (Å²) in [6.45, 7) is 1.98. The highest BCUT2D eigenvalue weighted by Gasteiger charge is 2.19. The molecule has 0 aliphatic carbocycles. The number of hydrogen-bond acceptors (Lipinski definition) is 6. The Balaban J connectivity index is 2.78. The molecule has 0 amide bonds. The minimum Gasteiger partial charge on any atom is -0.496 e. The number of hydrogen-bond donors (Lipinski definition) is 2. The number of carbonyl (C=O) groups is 1. The van der Waals surface area contributed by atoms with Crippen molar-refractivity contribution in [1.29, 1.82) is 0 Å². The van der Waals surface area contributed by atoms with E-state index in [1.807, 2.05) is 0 Å². The highest BCUT2D eigenvalue weighted by molar-refractivity contribution is 6.35. The van der Waals surface area contributed by atoms with Gasteiger partial charge in [-0.3, -0.25) is 10.8 Å². The summed E-state index contributed by atoms with van der Waals surface area (Å²) in [6.07, 6.45) is 1.38. The van der Waals surface area contributed by atoms with Crippen molar-refractivity contribution in [3.8, 4) is 5.75 Å². The van der Waals surface area contributed by atoms with Gasteiger partial charge in [0.25, 0.3) is 0 Å². The first kappa shape index (κ1) is 14.4. The number of ether oxygens (including phenoxy) is 2. The number of fused-ring (bicyclic) bond motifs is 1. The van der Waals surface area contributed by atoms with Crippen LogP contribution in [0.2, 0.25) is 5.02 Å². The van der Waals surface area contributed by atoms with E-state index in [-0.39, 0.29) is 12.2 Å². The van der Waals surface area contributed by atoms with Gasteiger partial charge in [-0.2, -0.15) is 0 Å². The Labute approximate surface area is 120 Å². The van der Waals surface area contributed by atoms with Crippen LogP contribution >= 0.6 is 11.6 Å². The molecular formula is C13H14ClN3O3. The zero-order valence-corrected chi connectivity index (χ0v) is 11.8. The number of esters is 1. The van der Waals surface area contributed by atoms with Gasteiger partial charge in [-0.15, -0.1) is 0 Å². The van der Waals surface area contributed by atoms with Gasteiger partial charge in [-0.1, -0.05) is 11.6 Å². The second-order valence-electron chi connectivity index (χ2n) is 3.88. The largest absolute Gasteiger partial charge is 0.496 e. The van der Waals surface area contributed by atoms with E-state index in [9.17, 15) is 4.79 Å². The maximum atomic E-state index is 11.9. The first-order valence-corrected chi connectivity index (χ1v) is 6.30. The standard InChI is InChI=1S/C13H14ClN3O3/c1-3-20-13(18)7-6-16-12-8(14)4-5-9(19-2)10(12)11(7)17-15/h4-6H,3,15H2,1-2H3,(H,16,17). The lowest BCUT2D eigenvalue weighted by Crippen LogP contribution is -2.15. The fourth-order valence-corrected chi connectivity index (χ4v) is 2.13. The normalized spacial score (nSPS) is 10.4. The summed E-state index contributed by atoms with van der Waals surface area (Å²) in [5, 5.41) is 0.973. The molecule has 0 fully saturated rings. The van der Waals surface area contributed by atoms with Gasteiger partial charge < -0.3 is 14.9 Å². The van der Waals surface area contributed by atoms with Gasteiger partial charge in [-0.05, 0) is 19.1 Å². The molecule has 7 heteroatoms. The zero-order valence-electron chi connectivity index (χ0n) is 11.1. The van der Waals surface area contributed by atoms with Crippen molar-refractivity contribution >= 4 is 34.2 Å². The van der Waals surface area contributed by atoms with Gasteiger partial charge in [0, 0.05) is 6.20 Å². The van der Waals surface area contributed by atoms with Crippen molar-refractivity contribution in [2.75, 3.05) is 19.1 Å². The predicted molar refractivity (Wildman–Crippen MR) is 77.1 cm³/mol. The third-order valence-corrected chi connectivity index (χ3v) is 3.10. The summed E-state index contributed by atoms with van der Waals surface area (Å²) in [4.78, 5) is 16.1. The Bertz CT molecular complexity index is 661. The minimum absolute atomic E-state index is 0.224. The number of aromatic nitrogens is 1. The summed E-state index contributed by atoms with van der Waals surface area (Å²) >= 11 is 6.11. The van der Waals surface area contributed by atoms with E-state index in [1.54, 1.807) is 19.1 Å². The molecule has 0 unspecified atom stereocenters. The summed E-state index contributed by atoms with van der Waals surface area (Å²) in [5.41, 5.74) is 3.59. The Morgan fingerprint density at radius 2 is 2.25 bits per heavy atom. The van der Waals surface area contributed by atoms with Crippen molar-refractivity contribution in [2.45, 2.75) is 6.92 Å². The molecular weight excluding hydrogens is 282 g/mol. The van der Waals surface area contributed by atoms with Crippen LogP contribution in [0.3, 0.4) is 0 Å². The Hall–Kier alpha value is -2.05. The minimum atomic E-state index is -0.517. The lowest BCUT2D eigenvalue weighted by atomic mass is 10.1. The molecule has 0 spiro atoms. The van der Waals surface area contributed by atoms with Crippen LogP contribution in [0.25, 0.3) is 10.9 Å². The number of rotatable bonds is 4. The first-order valence-electron chi connectivity index (χ1n) is 5.93. The molecule has 106 valence electrons. The maximum absolute atomic E-state index is 11.9. The molecule has 0 saturated heterocycles. The maximum Gasteiger partial charge on any atom is 0.341 e. The number of anilines is 1. The molecule has 0 aliphatic rings. The topological polar surface area (TPSA) is 86.5 Å². The molecule has 20 heavy (non-hydrogen) atoms. The van der Waals surface area contributed by atoms with Gasteiger partial charge in [0.05, 0.1) is 35.3 Å². The molecule has 0 atom stereocenters. The monoisotopic (exact) mass is 295 g/mol. The van der Waals surface area contributed by atoms with Crippen LogP contribution in [0.4, 0.5) is 5.69 Å². The molecule has 6 nitrogen and oxygen atoms in total. The smallest absolute Gasteiger partial charge is 0.341 e. The van der Waals surface area contributed by atoms with Crippen LogP contribution < -0.4 is 16.0 Å². The van der Waals surface area contributed by atoms with Crippen LogP contribution in [0, 0.1) is 0 Å². The fraction of sp³-hybridized carbons (Fsp3) is 0.231. The fourth-order valence-electron chi connectivity index (χ4n) is 1.93. The van der Waals surface area contributed by atoms with E-state index in [0.29, 0.717) is 27.4 Å². The van der Waals surface area contributed by atoms with Crippen LogP contribution in [0.5, 0.6) is 5.75 Å². The molecule has 0 aliphatic heterocycles. The van der Waals surface area contributed by atoms with Crippen molar-refractivity contribution in [2.24, 2.45) is 5.84 Å². The third-order valence-electron chi connectivity index (χ3n) is 2.79. The van der Waals surface area contributed by atoms with Crippen molar-refractivity contribution in [1.82, 2.24) is 4.98 Å². The molecule has 1 aromatic carbocycles. The van der Waals surface area contributed by atoms with Gasteiger partial charge in [0.15, 0.2) is 0 Å². The number of carbonyl (C=O) groups excluding carboxylic acids is 1. The van der Waals surface area contributed by atoms with E-state index in [1.165, 1.54) is 13.3 Å². The number of methoxy groups -OCH3 is 1. The summed E-state index contributed by atoms with van der Waals surface area (Å²) in [7, 11) is 1.51. The highest BCUT2D eigenvalue weighted by Crippen LogP contribution is 2.37. The number of nitrogens with two attached hydrogens (primary N) is 1. The Morgan fingerprint density at radius 3 is 2.85 bits per heavy atom. The third kappa shape index (κ3) is 2.35. The van der Waals surface area contributed by atoms with Crippen molar-refractivity contribution < 1.29 is 14.3 Å². The molecule has 1 aromatic heterocycles. The molecule has 2 rings (SSSR count). The number of pyridine rings is 1. The second kappa shape index (κ2) is 5.94. The van der Waals surface area contributed by atoms with Gasteiger partial charge >= 0.3 is 5.97 Å². The average Bonchev–Trinajstić information content (AvgIpc) is 2.46. The lowest BCUT2D eigenvalue weighted by molar-refractivity contribution is 0.0527. The number of benzene rings is 1. The number of nitrogen functional groups attached to an aromatic ring is 1. The predicted octanol–water partition coefficient (Wildman–Crippen LogP) is 2.36. The summed E-state index contributed by atoms with van der Waals surface area (Å²) in [6, 6.07) is 3.35. The van der Waals surface area contributed by atoms with Gasteiger partial charge in [0.1, 0.15) is 11.3 Å². The van der Waals surface area contributed by atoms with Gasteiger partial charge in [0.2, 0.25) is 0 Å². The van der Waals surface area contributed by atoms with Crippen LogP contribution in [0.15, 0.2) is 18.3 Å². The van der Waals surface area contributed by atoms with Crippen molar-refractivity contribution in [3.05, 3.63) is 28.9 Å². The SMILES string of the molecule is CCOC(=O)c1cnc2c(Cl)ccc(OC)c2c1NN. The molecule has 2 aromatic rings. The number of nitrogens with one attached hydrogen (secondary N) is 1. The highest BCUT2D eigenvalue weighted by atomic mass is 35.5. The van der Waals surface area contributed by atoms with E-state index >= 15 is 0 Å². The van der Waals surface area contributed by atoms with Crippen LogP contribution in [0.1, 0.15) is 17.3 Å². The quantitative estimate of drug-likeness (QED) is 0.511. The van der Waals surface area contributed by atoms with E-state index in [2.05, 4.69) is 10.4 Å². The van der Waals surface area contributed by atoms with E-state index in [4.69, 9.17) is 26.9 Å². The first-order chi connectivity index (χ1) is 9.63. The Morgan fingerprint density at radius 1 is 1.50 bits per heavy atom. The summed E-state index contributed by atoms with van der Waals surface area (Å²) in [5.74, 6) is 5.53. The van der Waals surface area contributed by atoms with Crippen molar-refractivity contribution in [3.63, 3.8) is 0 Å². The molecule has 0 bridgehead atoms. The molecule has 0 saturated carbocycles. The van der Waals surface area contributed by atoms with Crippen LogP contribution in [-0.2, 0) is 4.74 Å². The van der Waals surface area contributed by atoms with E-state index < -0.39 is 5.97 Å². The summed E-state index contributed by atoms with van der Waals surface area (Å²) < 4.78 is 10.2. The number of hydrazine groups is 1. The Kier molecular flexibility index (Phi) is 4.26. The number of nitrogens with zero attached hydrogens (tertiary/aromatic N) is 1. The second-order valence-corrected chi connectivity index (χ2v) is 4.29. The molecule has 0 radical (unpaired) electrons. The zero-order chi connectivity index (χ0) is 14.7. The molecule has 1 heterocycles. The van der Waals surface area contributed by atoms with Gasteiger partial charge in [-0.25, -0.2) is 4.79 Å². The number of halogens is 1. The van der Waals surface area contributed by atoms with Crippen LogP contribution in [-0.4, -0.2) is 24.7 Å².